The molecule has 1 heterocycles. The van der Waals surface area contributed by atoms with Crippen molar-refractivity contribution in [3.8, 4) is 11.1 Å². The van der Waals surface area contributed by atoms with E-state index in [1.165, 1.54) is 0 Å². The summed E-state index contributed by atoms with van der Waals surface area (Å²) >= 11 is 0. The molecule has 1 unspecified atom stereocenters. The minimum atomic E-state index is -0.937. The molecule has 0 bridgehead atoms. The molecule has 0 saturated carbocycles. The fourth-order valence-corrected chi connectivity index (χ4v) is 4.99. The standard InChI is InChI=1S/C33H30N2O3/c1-3-30(25-9-5-4-6-10-25)34-32(36)27-18-17-26-19-22(2)35(31(26)20-27)21-23-13-15-24(16-14-23)28-11-7-8-12-29(28)33(37)38/h4-20,30H,3,21H2,1-2H3,(H,34,36)(H,37,38). The van der Waals surface area contributed by atoms with Crippen LogP contribution < -0.4 is 5.32 Å². The molecule has 5 aromatic rings. The van der Waals surface area contributed by atoms with E-state index in [1.807, 2.05) is 84.9 Å². The van der Waals surface area contributed by atoms with Crippen LogP contribution in [0.15, 0.2) is 103 Å². The van der Waals surface area contributed by atoms with E-state index >= 15 is 0 Å². The van der Waals surface area contributed by atoms with Gasteiger partial charge in [0.25, 0.3) is 5.91 Å². The van der Waals surface area contributed by atoms with Gasteiger partial charge >= 0.3 is 5.97 Å². The Morgan fingerprint density at radius 2 is 1.58 bits per heavy atom. The van der Waals surface area contributed by atoms with Crippen molar-refractivity contribution < 1.29 is 14.7 Å². The first kappa shape index (κ1) is 25.0. The van der Waals surface area contributed by atoms with Gasteiger partial charge in [-0.2, -0.15) is 0 Å². The largest absolute Gasteiger partial charge is 0.478 e. The van der Waals surface area contributed by atoms with Gasteiger partial charge in [0.05, 0.1) is 11.6 Å². The average molecular weight is 503 g/mol. The van der Waals surface area contributed by atoms with Crippen molar-refractivity contribution in [2.75, 3.05) is 0 Å². The minimum Gasteiger partial charge on any atom is -0.478 e. The fraction of sp³-hybridized carbons (Fsp3) is 0.152. The normalized spacial score (nSPS) is 11.8. The number of carboxylic acids is 1. The van der Waals surface area contributed by atoms with E-state index in [0.717, 1.165) is 39.7 Å². The summed E-state index contributed by atoms with van der Waals surface area (Å²) in [6.07, 6.45) is 0.806. The highest BCUT2D eigenvalue weighted by atomic mass is 16.4. The van der Waals surface area contributed by atoms with Crippen molar-refractivity contribution in [2.45, 2.75) is 32.9 Å². The van der Waals surface area contributed by atoms with Crippen molar-refractivity contribution in [2.24, 2.45) is 0 Å². The van der Waals surface area contributed by atoms with E-state index in [2.05, 4.69) is 29.8 Å². The maximum absolute atomic E-state index is 13.2. The van der Waals surface area contributed by atoms with Crippen LogP contribution >= 0.6 is 0 Å². The van der Waals surface area contributed by atoms with E-state index in [1.54, 1.807) is 12.1 Å². The molecule has 1 aromatic heterocycles. The third-order valence-electron chi connectivity index (χ3n) is 7.05. The van der Waals surface area contributed by atoms with Gasteiger partial charge in [-0.05, 0) is 65.3 Å². The number of aromatic carboxylic acids is 1. The lowest BCUT2D eigenvalue weighted by atomic mass is 9.99. The number of hydrogen-bond acceptors (Lipinski definition) is 2. The molecule has 5 heteroatoms. The first-order valence-corrected chi connectivity index (χ1v) is 12.8. The molecule has 38 heavy (non-hydrogen) atoms. The minimum absolute atomic E-state index is 0.0438. The highest BCUT2D eigenvalue weighted by Crippen LogP contribution is 2.27. The lowest BCUT2D eigenvalue weighted by molar-refractivity contribution is 0.0697. The summed E-state index contributed by atoms with van der Waals surface area (Å²) in [6, 6.07) is 33.0. The zero-order valence-corrected chi connectivity index (χ0v) is 21.5. The number of fused-ring (bicyclic) bond motifs is 1. The number of nitrogens with one attached hydrogen (secondary N) is 1. The van der Waals surface area contributed by atoms with Crippen molar-refractivity contribution >= 4 is 22.8 Å². The molecule has 0 radical (unpaired) electrons. The molecule has 1 atom stereocenters. The summed E-state index contributed by atoms with van der Waals surface area (Å²) in [5.41, 5.74) is 6.78. The van der Waals surface area contributed by atoms with Crippen molar-refractivity contribution in [1.82, 2.24) is 9.88 Å². The second-order valence-electron chi connectivity index (χ2n) is 9.54. The Balaban J connectivity index is 1.40. The summed E-state index contributed by atoms with van der Waals surface area (Å²) in [5, 5.41) is 13.8. The average Bonchev–Trinajstić information content (AvgIpc) is 3.26. The van der Waals surface area contributed by atoms with E-state index < -0.39 is 5.97 Å². The molecular weight excluding hydrogens is 472 g/mol. The molecule has 5 nitrogen and oxygen atoms in total. The monoisotopic (exact) mass is 502 g/mol. The van der Waals surface area contributed by atoms with Crippen LogP contribution in [0.3, 0.4) is 0 Å². The first-order chi connectivity index (χ1) is 18.4. The molecule has 5 rings (SSSR count). The predicted octanol–water partition coefficient (Wildman–Crippen LogP) is 7.24. The summed E-state index contributed by atoms with van der Waals surface area (Å²) < 4.78 is 2.21. The van der Waals surface area contributed by atoms with Gasteiger partial charge in [-0.15, -0.1) is 0 Å². The lowest BCUT2D eigenvalue weighted by Gasteiger charge is -2.18. The highest BCUT2D eigenvalue weighted by molar-refractivity contribution is 5.98. The molecule has 4 aromatic carbocycles. The third-order valence-corrected chi connectivity index (χ3v) is 7.05. The Hall–Kier alpha value is -4.64. The van der Waals surface area contributed by atoms with Crippen LogP contribution in [0.5, 0.6) is 0 Å². The SMILES string of the molecule is CCC(NC(=O)c1ccc2cc(C)n(Cc3ccc(-c4ccccc4C(=O)O)cc3)c2c1)c1ccccc1. The van der Waals surface area contributed by atoms with Crippen LogP contribution in [0.25, 0.3) is 22.0 Å². The quantitative estimate of drug-likeness (QED) is 0.235. The molecule has 190 valence electrons. The van der Waals surface area contributed by atoms with Gasteiger partial charge in [-0.1, -0.05) is 85.8 Å². The summed E-state index contributed by atoms with van der Waals surface area (Å²) in [5.74, 6) is -1.03. The van der Waals surface area contributed by atoms with Crippen molar-refractivity contribution in [3.63, 3.8) is 0 Å². The number of aromatic nitrogens is 1. The lowest BCUT2D eigenvalue weighted by Crippen LogP contribution is -2.28. The molecular formula is C33H30N2O3. The predicted molar refractivity (Wildman–Crippen MR) is 152 cm³/mol. The Bertz CT molecular complexity index is 1600. The third kappa shape index (κ3) is 5.09. The number of nitrogens with zero attached hydrogens (tertiary/aromatic N) is 1. The van der Waals surface area contributed by atoms with Gasteiger partial charge in [0.1, 0.15) is 0 Å². The van der Waals surface area contributed by atoms with Gasteiger partial charge < -0.3 is 15.0 Å². The molecule has 0 aliphatic heterocycles. The highest BCUT2D eigenvalue weighted by Gasteiger charge is 2.16. The Kier molecular flexibility index (Phi) is 7.09. The van der Waals surface area contributed by atoms with Crippen LogP contribution in [0.1, 0.15) is 56.9 Å². The number of carbonyl (C=O) groups excluding carboxylic acids is 1. The van der Waals surface area contributed by atoms with Crippen molar-refractivity contribution in [1.29, 1.82) is 0 Å². The van der Waals surface area contributed by atoms with Gasteiger partial charge in [-0.3, -0.25) is 4.79 Å². The van der Waals surface area contributed by atoms with Gasteiger partial charge in [0.2, 0.25) is 0 Å². The van der Waals surface area contributed by atoms with Crippen LogP contribution in [0.2, 0.25) is 0 Å². The number of carboxylic acid groups (broad SMARTS) is 1. The molecule has 0 aliphatic carbocycles. The molecule has 0 saturated heterocycles. The summed E-state index contributed by atoms with van der Waals surface area (Å²) in [6.45, 7) is 4.78. The Morgan fingerprint density at radius 1 is 0.868 bits per heavy atom. The van der Waals surface area contributed by atoms with E-state index in [4.69, 9.17) is 0 Å². The van der Waals surface area contributed by atoms with Crippen LogP contribution in [-0.2, 0) is 6.54 Å². The number of benzene rings is 4. The molecule has 0 aliphatic rings. The molecule has 2 N–H and O–H groups in total. The molecule has 0 spiro atoms. The van der Waals surface area contributed by atoms with E-state index in [9.17, 15) is 14.7 Å². The maximum atomic E-state index is 13.2. The zero-order chi connectivity index (χ0) is 26.6. The zero-order valence-electron chi connectivity index (χ0n) is 21.5. The van der Waals surface area contributed by atoms with Crippen LogP contribution in [0.4, 0.5) is 0 Å². The van der Waals surface area contributed by atoms with Crippen LogP contribution in [-0.4, -0.2) is 21.6 Å². The number of carbonyl (C=O) groups is 2. The molecule has 1 amide bonds. The topological polar surface area (TPSA) is 71.3 Å². The Labute approximate surface area is 222 Å². The number of aryl methyl sites for hydroxylation is 1. The van der Waals surface area contributed by atoms with Gasteiger partial charge in [0.15, 0.2) is 0 Å². The number of rotatable bonds is 8. The second-order valence-corrected chi connectivity index (χ2v) is 9.54. The van der Waals surface area contributed by atoms with E-state index in [0.29, 0.717) is 17.7 Å². The number of amides is 1. The van der Waals surface area contributed by atoms with Gasteiger partial charge in [-0.25, -0.2) is 4.79 Å². The van der Waals surface area contributed by atoms with Crippen molar-refractivity contribution in [3.05, 3.63) is 131 Å². The van der Waals surface area contributed by atoms with E-state index in [-0.39, 0.29) is 17.5 Å². The smallest absolute Gasteiger partial charge is 0.336 e. The fourth-order valence-electron chi connectivity index (χ4n) is 4.99. The van der Waals surface area contributed by atoms with Gasteiger partial charge in [0, 0.05) is 23.3 Å². The summed E-state index contributed by atoms with van der Waals surface area (Å²) in [4.78, 5) is 24.8. The Morgan fingerprint density at radius 3 is 2.29 bits per heavy atom. The second kappa shape index (κ2) is 10.8. The maximum Gasteiger partial charge on any atom is 0.336 e. The molecule has 0 fully saturated rings. The first-order valence-electron chi connectivity index (χ1n) is 12.8. The van der Waals surface area contributed by atoms with Crippen LogP contribution in [0, 0.1) is 6.92 Å². The number of hydrogen-bond donors (Lipinski definition) is 2. The summed E-state index contributed by atoms with van der Waals surface area (Å²) in [7, 11) is 0.